The third kappa shape index (κ3) is 3.72. The van der Waals surface area contributed by atoms with Crippen molar-refractivity contribution in [2.75, 3.05) is 0 Å². The molecule has 0 fully saturated rings. The SMILES string of the molecule is Cc1cc(C(=O)N[C@H]2CCCc3ccccc32)c2c(C)nn(Cc3ccccc3)c2n1. The Labute approximate surface area is 182 Å². The molecule has 0 aliphatic heterocycles. The van der Waals surface area contributed by atoms with Crippen molar-refractivity contribution >= 4 is 16.9 Å². The number of carbonyl (C=O) groups is 1. The van der Waals surface area contributed by atoms with Crippen molar-refractivity contribution in [2.24, 2.45) is 0 Å². The molecule has 0 saturated heterocycles. The topological polar surface area (TPSA) is 59.8 Å². The highest BCUT2D eigenvalue weighted by atomic mass is 16.1. The Kier molecular flexibility index (Phi) is 5.02. The molecule has 0 unspecified atom stereocenters. The second kappa shape index (κ2) is 7.99. The number of rotatable bonds is 4. The van der Waals surface area contributed by atoms with Crippen LogP contribution in [0, 0.1) is 13.8 Å². The number of aromatic nitrogens is 3. The van der Waals surface area contributed by atoms with E-state index >= 15 is 0 Å². The Bertz CT molecular complexity index is 1260. The van der Waals surface area contributed by atoms with Crippen molar-refractivity contribution in [3.63, 3.8) is 0 Å². The fourth-order valence-electron chi connectivity index (χ4n) is 4.66. The molecule has 1 aliphatic carbocycles. The highest BCUT2D eigenvalue weighted by Crippen LogP contribution is 2.30. The van der Waals surface area contributed by atoms with Crippen LogP contribution in [0.4, 0.5) is 0 Å². The molecule has 1 aliphatic rings. The lowest BCUT2D eigenvalue weighted by atomic mass is 9.87. The number of fused-ring (bicyclic) bond motifs is 2. The molecular formula is C26H26N4O. The first-order valence-corrected chi connectivity index (χ1v) is 10.9. The van der Waals surface area contributed by atoms with Gasteiger partial charge in [0.1, 0.15) is 0 Å². The van der Waals surface area contributed by atoms with E-state index in [-0.39, 0.29) is 11.9 Å². The van der Waals surface area contributed by atoms with Gasteiger partial charge in [-0.15, -0.1) is 0 Å². The van der Waals surface area contributed by atoms with Crippen LogP contribution in [0.3, 0.4) is 0 Å². The molecule has 5 nitrogen and oxygen atoms in total. The van der Waals surface area contributed by atoms with E-state index in [1.807, 2.05) is 42.8 Å². The summed E-state index contributed by atoms with van der Waals surface area (Å²) in [6, 6.07) is 20.6. The Balaban J connectivity index is 1.51. The Hall–Kier alpha value is -3.47. The summed E-state index contributed by atoms with van der Waals surface area (Å²) >= 11 is 0. The van der Waals surface area contributed by atoms with Crippen molar-refractivity contribution < 1.29 is 4.79 Å². The summed E-state index contributed by atoms with van der Waals surface area (Å²) in [5.41, 5.74) is 6.78. The van der Waals surface area contributed by atoms with E-state index in [0.29, 0.717) is 12.1 Å². The number of nitrogens with zero attached hydrogens (tertiary/aromatic N) is 3. The average Bonchev–Trinajstić information content (AvgIpc) is 3.09. The van der Waals surface area contributed by atoms with Crippen molar-refractivity contribution in [1.29, 1.82) is 0 Å². The zero-order valence-electron chi connectivity index (χ0n) is 17.9. The van der Waals surface area contributed by atoms with E-state index in [4.69, 9.17) is 10.1 Å². The zero-order valence-corrected chi connectivity index (χ0v) is 17.9. The van der Waals surface area contributed by atoms with E-state index in [0.717, 1.165) is 47.2 Å². The molecular weight excluding hydrogens is 384 g/mol. The first-order valence-electron chi connectivity index (χ1n) is 10.9. The summed E-state index contributed by atoms with van der Waals surface area (Å²) in [4.78, 5) is 18.2. The van der Waals surface area contributed by atoms with Gasteiger partial charge in [0.05, 0.1) is 29.2 Å². The molecule has 0 spiro atoms. The first kappa shape index (κ1) is 19.5. The Morgan fingerprint density at radius 1 is 1.10 bits per heavy atom. The monoisotopic (exact) mass is 410 g/mol. The smallest absolute Gasteiger partial charge is 0.252 e. The molecule has 31 heavy (non-hydrogen) atoms. The highest BCUT2D eigenvalue weighted by molar-refractivity contribution is 6.06. The summed E-state index contributed by atoms with van der Waals surface area (Å²) in [6.45, 7) is 4.51. The lowest BCUT2D eigenvalue weighted by molar-refractivity contribution is 0.0934. The van der Waals surface area contributed by atoms with Gasteiger partial charge in [-0.25, -0.2) is 9.67 Å². The van der Waals surface area contributed by atoms with Crippen LogP contribution in [0.5, 0.6) is 0 Å². The second-order valence-electron chi connectivity index (χ2n) is 8.36. The van der Waals surface area contributed by atoms with Gasteiger partial charge >= 0.3 is 0 Å². The van der Waals surface area contributed by atoms with Crippen molar-refractivity contribution in [3.8, 4) is 0 Å². The van der Waals surface area contributed by atoms with Crippen LogP contribution < -0.4 is 5.32 Å². The summed E-state index contributed by atoms with van der Waals surface area (Å²) < 4.78 is 1.90. The minimum absolute atomic E-state index is 0.0423. The van der Waals surface area contributed by atoms with Crippen molar-refractivity contribution in [2.45, 2.75) is 45.7 Å². The summed E-state index contributed by atoms with van der Waals surface area (Å²) in [5, 5.41) is 8.86. The number of aryl methyl sites for hydroxylation is 3. The van der Waals surface area contributed by atoms with Gasteiger partial charge in [-0.1, -0.05) is 54.6 Å². The summed E-state index contributed by atoms with van der Waals surface area (Å²) in [6.07, 6.45) is 3.12. The molecule has 4 aromatic rings. The normalized spacial score (nSPS) is 15.6. The molecule has 1 atom stereocenters. The van der Waals surface area contributed by atoms with Crippen LogP contribution in [0.1, 0.15) is 57.3 Å². The largest absolute Gasteiger partial charge is 0.345 e. The molecule has 156 valence electrons. The fourth-order valence-corrected chi connectivity index (χ4v) is 4.66. The maximum absolute atomic E-state index is 13.4. The quantitative estimate of drug-likeness (QED) is 0.520. The average molecular weight is 411 g/mol. The molecule has 5 rings (SSSR count). The summed E-state index contributed by atoms with van der Waals surface area (Å²) in [7, 11) is 0. The Morgan fingerprint density at radius 3 is 2.71 bits per heavy atom. The van der Waals surface area contributed by atoms with E-state index in [9.17, 15) is 4.79 Å². The number of hydrogen-bond donors (Lipinski definition) is 1. The van der Waals surface area contributed by atoms with Gasteiger partial charge in [-0.05, 0) is 55.9 Å². The number of hydrogen-bond acceptors (Lipinski definition) is 3. The van der Waals surface area contributed by atoms with E-state index in [1.165, 1.54) is 11.1 Å². The van der Waals surface area contributed by atoms with E-state index in [2.05, 4.69) is 41.7 Å². The Morgan fingerprint density at radius 2 is 1.87 bits per heavy atom. The molecule has 2 heterocycles. The number of benzene rings is 2. The fraction of sp³-hybridized carbons (Fsp3) is 0.269. The first-order chi connectivity index (χ1) is 15.1. The van der Waals surface area contributed by atoms with Gasteiger partial charge in [0.2, 0.25) is 0 Å². The van der Waals surface area contributed by atoms with Crippen LogP contribution in [0.2, 0.25) is 0 Å². The molecule has 2 aromatic heterocycles. The maximum Gasteiger partial charge on any atom is 0.252 e. The van der Waals surface area contributed by atoms with Gasteiger partial charge in [0, 0.05) is 5.69 Å². The lowest BCUT2D eigenvalue weighted by Gasteiger charge is -2.26. The predicted molar refractivity (Wildman–Crippen MR) is 122 cm³/mol. The van der Waals surface area contributed by atoms with Crippen LogP contribution in [-0.4, -0.2) is 20.7 Å². The standard InChI is InChI=1S/C26H26N4O/c1-17-15-22(26(31)28-23-14-8-12-20-11-6-7-13-21(20)23)24-18(2)29-30(25(24)27-17)16-19-9-4-3-5-10-19/h3-7,9-11,13,15,23H,8,12,14,16H2,1-2H3,(H,28,31)/t23-/m0/s1. The molecule has 0 bridgehead atoms. The highest BCUT2D eigenvalue weighted by Gasteiger charge is 2.24. The van der Waals surface area contributed by atoms with Crippen LogP contribution in [-0.2, 0) is 13.0 Å². The van der Waals surface area contributed by atoms with Crippen molar-refractivity contribution in [3.05, 3.63) is 94.3 Å². The van der Waals surface area contributed by atoms with Crippen molar-refractivity contribution in [1.82, 2.24) is 20.1 Å². The molecule has 5 heteroatoms. The summed E-state index contributed by atoms with van der Waals surface area (Å²) in [5.74, 6) is -0.0560. The molecule has 1 amide bonds. The molecule has 0 radical (unpaired) electrons. The molecule has 2 aromatic carbocycles. The van der Waals surface area contributed by atoms with Gasteiger partial charge in [0.15, 0.2) is 5.65 Å². The van der Waals surface area contributed by atoms with Gasteiger partial charge < -0.3 is 5.32 Å². The molecule has 1 N–H and O–H groups in total. The van der Waals surface area contributed by atoms with Crippen LogP contribution in [0.15, 0.2) is 60.7 Å². The van der Waals surface area contributed by atoms with Crippen LogP contribution >= 0.6 is 0 Å². The van der Waals surface area contributed by atoms with E-state index in [1.54, 1.807) is 0 Å². The maximum atomic E-state index is 13.4. The number of amides is 1. The minimum atomic E-state index is -0.0560. The van der Waals surface area contributed by atoms with Crippen LogP contribution in [0.25, 0.3) is 11.0 Å². The number of pyridine rings is 1. The third-order valence-corrected chi connectivity index (χ3v) is 6.10. The second-order valence-corrected chi connectivity index (χ2v) is 8.36. The zero-order chi connectivity index (χ0) is 21.4. The number of carbonyl (C=O) groups excluding carboxylic acids is 1. The van der Waals surface area contributed by atoms with Gasteiger partial charge in [0.25, 0.3) is 5.91 Å². The van der Waals surface area contributed by atoms with E-state index < -0.39 is 0 Å². The third-order valence-electron chi connectivity index (χ3n) is 6.10. The predicted octanol–water partition coefficient (Wildman–Crippen LogP) is 4.90. The lowest BCUT2D eigenvalue weighted by Crippen LogP contribution is -2.31. The minimum Gasteiger partial charge on any atom is -0.345 e. The molecule has 0 saturated carbocycles. The number of nitrogens with one attached hydrogen (secondary N) is 1. The van der Waals surface area contributed by atoms with Gasteiger partial charge in [-0.2, -0.15) is 5.10 Å². The van der Waals surface area contributed by atoms with Gasteiger partial charge in [-0.3, -0.25) is 4.79 Å².